The lowest BCUT2D eigenvalue weighted by Crippen LogP contribution is -2.19. The molecule has 1 aliphatic carbocycles. The van der Waals surface area contributed by atoms with E-state index in [0.29, 0.717) is 18.1 Å². The Balaban J connectivity index is 1.63. The molecular formula is C25H26F6O3. The molecule has 0 heterocycles. The minimum Gasteiger partial charge on any atom is -0.423 e. The molecule has 2 aromatic carbocycles. The number of alkyl halides is 3. The SMILES string of the molecule is CCCCCC1CCC(c2ccc(C(=O)Oc3cc(F)c(OC(F)(F)F)c(F)c3)c(F)c2)CC1. The average Bonchev–Trinajstić information content (AvgIpc) is 2.76. The van der Waals surface area contributed by atoms with Crippen LogP contribution in [0.15, 0.2) is 30.3 Å². The lowest BCUT2D eigenvalue weighted by Gasteiger charge is -2.29. The summed E-state index contributed by atoms with van der Waals surface area (Å²) < 4.78 is 87.1. The fourth-order valence-corrected chi connectivity index (χ4v) is 4.39. The van der Waals surface area contributed by atoms with Gasteiger partial charge < -0.3 is 9.47 Å². The van der Waals surface area contributed by atoms with Gasteiger partial charge in [0.05, 0.1) is 5.56 Å². The highest BCUT2D eigenvalue weighted by Gasteiger charge is 2.34. The molecule has 2 aromatic rings. The zero-order valence-corrected chi connectivity index (χ0v) is 18.7. The molecule has 0 bridgehead atoms. The van der Waals surface area contributed by atoms with Gasteiger partial charge in [0, 0.05) is 12.1 Å². The fourth-order valence-electron chi connectivity index (χ4n) is 4.39. The number of carbonyl (C=O) groups excluding carboxylic acids is 1. The number of hydrogen-bond donors (Lipinski definition) is 0. The van der Waals surface area contributed by atoms with E-state index in [0.717, 1.165) is 31.2 Å². The third-order valence-electron chi connectivity index (χ3n) is 6.15. The lowest BCUT2D eigenvalue weighted by molar-refractivity contribution is -0.276. The van der Waals surface area contributed by atoms with E-state index in [1.807, 2.05) is 0 Å². The first-order valence-corrected chi connectivity index (χ1v) is 11.3. The third kappa shape index (κ3) is 6.90. The van der Waals surface area contributed by atoms with E-state index in [1.165, 1.54) is 37.8 Å². The molecule has 186 valence electrons. The summed E-state index contributed by atoms with van der Waals surface area (Å²) in [5.74, 6) is -7.04. The standard InChI is InChI=1S/C25H26F6O3/c1-2-3-4-5-15-6-8-16(9-7-15)17-10-11-19(20(26)12-17)24(32)33-18-13-21(27)23(22(28)14-18)34-25(29,30)31/h10-16H,2-9H2,1H3. The summed E-state index contributed by atoms with van der Waals surface area (Å²) >= 11 is 0. The summed E-state index contributed by atoms with van der Waals surface area (Å²) in [7, 11) is 0. The molecule has 0 amide bonds. The zero-order valence-electron chi connectivity index (χ0n) is 18.7. The fraction of sp³-hybridized carbons (Fsp3) is 0.480. The van der Waals surface area contributed by atoms with Gasteiger partial charge in [-0.05, 0) is 55.2 Å². The Labute approximate surface area is 194 Å². The molecule has 34 heavy (non-hydrogen) atoms. The number of carbonyl (C=O) groups is 1. The van der Waals surface area contributed by atoms with Crippen molar-refractivity contribution < 1.29 is 40.6 Å². The van der Waals surface area contributed by atoms with Gasteiger partial charge in [0.2, 0.25) is 5.75 Å². The summed E-state index contributed by atoms with van der Waals surface area (Å²) in [6.07, 6.45) is 3.57. The molecule has 0 aromatic heterocycles. The predicted octanol–water partition coefficient (Wildman–Crippen LogP) is 8.08. The van der Waals surface area contributed by atoms with E-state index >= 15 is 0 Å². The van der Waals surface area contributed by atoms with Crippen LogP contribution >= 0.6 is 0 Å². The van der Waals surface area contributed by atoms with E-state index in [1.54, 1.807) is 6.07 Å². The summed E-state index contributed by atoms with van der Waals surface area (Å²) in [5, 5.41) is 0. The van der Waals surface area contributed by atoms with Crippen molar-refractivity contribution in [2.45, 2.75) is 70.6 Å². The minimum atomic E-state index is -5.31. The smallest absolute Gasteiger partial charge is 0.423 e. The third-order valence-corrected chi connectivity index (χ3v) is 6.15. The van der Waals surface area contributed by atoms with Gasteiger partial charge in [-0.15, -0.1) is 13.2 Å². The summed E-state index contributed by atoms with van der Waals surface area (Å²) in [6, 6.07) is 4.85. The van der Waals surface area contributed by atoms with Crippen molar-refractivity contribution in [2.75, 3.05) is 0 Å². The van der Waals surface area contributed by atoms with Crippen LogP contribution in [0, 0.1) is 23.4 Å². The van der Waals surface area contributed by atoms with E-state index in [9.17, 15) is 31.1 Å². The summed E-state index contributed by atoms with van der Waals surface area (Å²) in [5.41, 5.74) is 0.320. The normalized spacial score (nSPS) is 18.6. The molecule has 0 saturated heterocycles. The van der Waals surface area contributed by atoms with Gasteiger partial charge in [0.15, 0.2) is 11.6 Å². The van der Waals surface area contributed by atoms with Gasteiger partial charge in [-0.3, -0.25) is 0 Å². The molecule has 0 radical (unpaired) electrons. The number of rotatable bonds is 8. The van der Waals surface area contributed by atoms with Gasteiger partial charge in [0.1, 0.15) is 11.6 Å². The van der Waals surface area contributed by atoms with Crippen LogP contribution in [0.1, 0.15) is 80.1 Å². The van der Waals surface area contributed by atoms with Crippen LogP contribution in [0.4, 0.5) is 26.3 Å². The first kappa shape index (κ1) is 25.9. The number of hydrogen-bond acceptors (Lipinski definition) is 3. The maximum atomic E-state index is 14.7. The van der Waals surface area contributed by atoms with Crippen molar-refractivity contribution in [3.63, 3.8) is 0 Å². The van der Waals surface area contributed by atoms with Crippen LogP contribution in [0.5, 0.6) is 11.5 Å². The summed E-state index contributed by atoms with van der Waals surface area (Å²) in [4.78, 5) is 12.3. The Bertz CT molecular complexity index is 974. The number of ether oxygens (including phenoxy) is 2. The van der Waals surface area contributed by atoms with Crippen LogP contribution in [0.3, 0.4) is 0 Å². The maximum Gasteiger partial charge on any atom is 0.573 e. The average molecular weight is 488 g/mol. The monoisotopic (exact) mass is 488 g/mol. The molecular weight excluding hydrogens is 462 g/mol. The lowest BCUT2D eigenvalue weighted by atomic mass is 9.77. The van der Waals surface area contributed by atoms with E-state index in [4.69, 9.17) is 4.74 Å². The van der Waals surface area contributed by atoms with Crippen LogP contribution in [-0.2, 0) is 0 Å². The molecule has 0 spiro atoms. The highest BCUT2D eigenvalue weighted by atomic mass is 19.4. The first-order chi connectivity index (χ1) is 16.1. The topological polar surface area (TPSA) is 35.5 Å². The highest BCUT2D eigenvalue weighted by Crippen LogP contribution is 2.38. The second-order valence-corrected chi connectivity index (χ2v) is 8.61. The Morgan fingerprint density at radius 2 is 1.59 bits per heavy atom. The van der Waals surface area contributed by atoms with Crippen molar-refractivity contribution in [2.24, 2.45) is 5.92 Å². The molecule has 3 nitrogen and oxygen atoms in total. The van der Waals surface area contributed by atoms with E-state index in [-0.39, 0.29) is 5.92 Å². The van der Waals surface area contributed by atoms with Crippen LogP contribution in [0.2, 0.25) is 0 Å². The van der Waals surface area contributed by atoms with Gasteiger partial charge in [-0.1, -0.05) is 38.7 Å². The Morgan fingerprint density at radius 3 is 2.15 bits per heavy atom. The van der Waals surface area contributed by atoms with E-state index in [2.05, 4.69) is 11.7 Å². The molecule has 1 saturated carbocycles. The van der Waals surface area contributed by atoms with E-state index < -0.39 is 46.8 Å². The molecule has 9 heteroatoms. The number of halogens is 6. The molecule has 0 N–H and O–H groups in total. The van der Waals surface area contributed by atoms with Crippen LogP contribution in [-0.4, -0.2) is 12.3 Å². The second-order valence-electron chi connectivity index (χ2n) is 8.61. The Kier molecular flexibility index (Phi) is 8.49. The molecule has 0 unspecified atom stereocenters. The molecule has 1 aliphatic rings. The van der Waals surface area contributed by atoms with Crippen molar-refractivity contribution in [3.05, 3.63) is 58.9 Å². The predicted molar refractivity (Wildman–Crippen MR) is 113 cm³/mol. The molecule has 0 aliphatic heterocycles. The van der Waals surface area contributed by atoms with Crippen molar-refractivity contribution >= 4 is 5.97 Å². The number of unbranched alkanes of at least 4 members (excludes halogenated alkanes) is 2. The van der Waals surface area contributed by atoms with Crippen LogP contribution in [0.25, 0.3) is 0 Å². The number of benzene rings is 2. The Morgan fingerprint density at radius 1 is 0.941 bits per heavy atom. The van der Waals surface area contributed by atoms with Crippen LogP contribution < -0.4 is 9.47 Å². The molecule has 0 atom stereocenters. The highest BCUT2D eigenvalue weighted by molar-refractivity contribution is 5.91. The zero-order chi connectivity index (χ0) is 24.9. The minimum absolute atomic E-state index is 0.186. The largest absolute Gasteiger partial charge is 0.573 e. The van der Waals surface area contributed by atoms with Crippen molar-refractivity contribution in [1.29, 1.82) is 0 Å². The summed E-state index contributed by atoms with van der Waals surface area (Å²) in [6.45, 7) is 2.17. The van der Waals surface area contributed by atoms with Gasteiger partial charge >= 0.3 is 12.3 Å². The second kappa shape index (κ2) is 11.1. The molecule has 3 rings (SSSR count). The quantitative estimate of drug-likeness (QED) is 0.163. The first-order valence-electron chi connectivity index (χ1n) is 11.3. The number of esters is 1. The van der Waals surface area contributed by atoms with Gasteiger partial charge in [0.25, 0.3) is 0 Å². The van der Waals surface area contributed by atoms with Gasteiger partial charge in [-0.25, -0.2) is 18.0 Å². The van der Waals surface area contributed by atoms with Crippen molar-refractivity contribution in [3.8, 4) is 11.5 Å². The van der Waals surface area contributed by atoms with Crippen molar-refractivity contribution in [1.82, 2.24) is 0 Å². The molecule has 1 fully saturated rings. The maximum absolute atomic E-state index is 14.7. The Hall–Kier alpha value is -2.71. The van der Waals surface area contributed by atoms with Gasteiger partial charge in [-0.2, -0.15) is 0 Å².